The Morgan fingerprint density at radius 3 is 2.26 bits per heavy atom. The van der Waals surface area contributed by atoms with Gasteiger partial charge in [-0.15, -0.1) is 0 Å². The third kappa shape index (κ3) is 6.16. The zero-order valence-corrected chi connectivity index (χ0v) is 18.5. The molecule has 0 spiro atoms. The Kier molecular flexibility index (Phi) is 7.44. The predicted octanol–water partition coefficient (Wildman–Crippen LogP) is 3.34. The van der Waals surface area contributed by atoms with Gasteiger partial charge in [-0.3, -0.25) is 4.79 Å². The number of aryl methyl sites for hydroxylation is 1. The average Bonchev–Trinajstić information content (AvgIpc) is 2.79. The molecule has 3 aromatic rings. The zero-order chi connectivity index (χ0) is 22.3. The molecule has 31 heavy (non-hydrogen) atoms. The number of hydrogen-bond donors (Lipinski definition) is 2. The van der Waals surface area contributed by atoms with Gasteiger partial charge in [-0.1, -0.05) is 54.6 Å². The maximum absolute atomic E-state index is 12.7. The fourth-order valence-corrected chi connectivity index (χ4v) is 4.16. The molecule has 0 fully saturated rings. The van der Waals surface area contributed by atoms with E-state index in [4.69, 9.17) is 0 Å². The average molecular weight is 438 g/mol. The number of likely N-dealkylation sites (N-methyl/N-ethyl adjacent to an activating group) is 1. The fraction of sp³-hybridized carbons (Fsp3) is 0.208. The lowest BCUT2D eigenvalue weighted by Gasteiger charge is -2.19. The number of hydrogen-bond acceptors (Lipinski definition) is 4. The van der Waals surface area contributed by atoms with Crippen LogP contribution >= 0.6 is 0 Å². The van der Waals surface area contributed by atoms with Crippen LogP contribution in [0.15, 0.2) is 83.8 Å². The Labute approximate surface area is 184 Å². The first-order chi connectivity index (χ1) is 14.9. The normalized spacial score (nSPS) is 11.2. The molecule has 6 nitrogen and oxygen atoms in total. The summed E-state index contributed by atoms with van der Waals surface area (Å²) in [4.78, 5) is 14.8. The van der Waals surface area contributed by atoms with E-state index in [0.717, 1.165) is 16.8 Å². The lowest BCUT2D eigenvalue weighted by molar-refractivity contribution is 0.0954. The molecular weight excluding hydrogens is 410 g/mol. The molecule has 0 atom stereocenters. The van der Waals surface area contributed by atoms with Crippen LogP contribution in [0.4, 0.5) is 5.69 Å². The second-order valence-electron chi connectivity index (χ2n) is 7.30. The molecule has 0 saturated carbocycles. The predicted molar refractivity (Wildman–Crippen MR) is 124 cm³/mol. The summed E-state index contributed by atoms with van der Waals surface area (Å²) in [6.45, 7) is 3.04. The van der Waals surface area contributed by atoms with Gasteiger partial charge in [0.25, 0.3) is 5.91 Å². The summed E-state index contributed by atoms with van der Waals surface area (Å²) in [5.41, 5.74) is 2.99. The van der Waals surface area contributed by atoms with Crippen molar-refractivity contribution in [1.82, 2.24) is 10.0 Å². The van der Waals surface area contributed by atoms with Gasteiger partial charge in [0.1, 0.15) is 0 Å². The van der Waals surface area contributed by atoms with Crippen LogP contribution in [0.1, 0.15) is 21.5 Å². The number of carbonyl (C=O) groups is 1. The number of sulfonamides is 1. The third-order valence-electron chi connectivity index (χ3n) is 5.00. The summed E-state index contributed by atoms with van der Waals surface area (Å²) in [5, 5.41) is 2.88. The van der Waals surface area contributed by atoms with Gasteiger partial charge in [0, 0.05) is 37.9 Å². The summed E-state index contributed by atoms with van der Waals surface area (Å²) >= 11 is 0. The molecular formula is C24H27N3O3S. The van der Waals surface area contributed by atoms with Crippen molar-refractivity contribution in [1.29, 1.82) is 0 Å². The van der Waals surface area contributed by atoms with Gasteiger partial charge in [-0.25, -0.2) is 13.1 Å². The number of benzene rings is 3. The molecule has 0 radical (unpaired) electrons. The van der Waals surface area contributed by atoms with E-state index < -0.39 is 10.0 Å². The molecule has 0 heterocycles. The van der Waals surface area contributed by atoms with E-state index in [1.165, 1.54) is 12.1 Å². The fourth-order valence-electron chi connectivity index (χ4n) is 3.11. The highest BCUT2D eigenvalue weighted by Gasteiger charge is 2.18. The van der Waals surface area contributed by atoms with Crippen molar-refractivity contribution in [2.75, 3.05) is 25.0 Å². The molecule has 0 saturated heterocycles. The van der Waals surface area contributed by atoms with E-state index in [-0.39, 0.29) is 17.3 Å². The van der Waals surface area contributed by atoms with E-state index in [9.17, 15) is 13.2 Å². The smallest absolute Gasteiger partial charge is 0.251 e. The van der Waals surface area contributed by atoms with Crippen molar-refractivity contribution in [2.45, 2.75) is 18.4 Å². The van der Waals surface area contributed by atoms with Crippen molar-refractivity contribution in [3.8, 4) is 0 Å². The molecule has 0 bridgehead atoms. The molecule has 3 aromatic carbocycles. The molecule has 0 aliphatic rings. The van der Waals surface area contributed by atoms with Crippen LogP contribution in [-0.4, -0.2) is 34.5 Å². The molecule has 0 aliphatic carbocycles. The van der Waals surface area contributed by atoms with E-state index in [0.29, 0.717) is 18.7 Å². The van der Waals surface area contributed by atoms with Gasteiger partial charge in [0.15, 0.2) is 0 Å². The van der Waals surface area contributed by atoms with Crippen LogP contribution in [0.25, 0.3) is 0 Å². The number of nitrogens with one attached hydrogen (secondary N) is 2. The number of nitrogens with zero attached hydrogens (tertiary/aromatic N) is 1. The molecule has 0 unspecified atom stereocenters. The van der Waals surface area contributed by atoms with Gasteiger partial charge in [-0.2, -0.15) is 0 Å². The van der Waals surface area contributed by atoms with Crippen LogP contribution in [0.3, 0.4) is 0 Å². The Hall–Kier alpha value is -3.16. The number of anilines is 1. The standard InChI is InChI=1S/C24H27N3O3S/c1-19-13-14-22(31(29,30)26-18-20-9-5-3-6-10-20)17-23(19)24(28)25-15-16-27(2)21-11-7-4-8-12-21/h3-14,17,26H,15-16,18H2,1-2H3,(H,25,28). The van der Waals surface area contributed by atoms with Gasteiger partial charge < -0.3 is 10.2 Å². The zero-order valence-electron chi connectivity index (χ0n) is 17.7. The number of rotatable bonds is 9. The molecule has 162 valence electrons. The van der Waals surface area contributed by atoms with E-state index >= 15 is 0 Å². The van der Waals surface area contributed by atoms with Gasteiger partial charge in [0.2, 0.25) is 10.0 Å². The number of carbonyl (C=O) groups excluding carboxylic acids is 1. The maximum Gasteiger partial charge on any atom is 0.251 e. The van der Waals surface area contributed by atoms with Crippen molar-refractivity contribution in [2.24, 2.45) is 0 Å². The minimum atomic E-state index is -3.74. The minimum absolute atomic E-state index is 0.0700. The summed E-state index contributed by atoms with van der Waals surface area (Å²) in [7, 11) is -1.78. The van der Waals surface area contributed by atoms with Crippen LogP contribution in [-0.2, 0) is 16.6 Å². The monoisotopic (exact) mass is 437 g/mol. The number of para-hydroxylation sites is 1. The summed E-state index contributed by atoms with van der Waals surface area (Å²) < 4.78 is 28.0. The quantitative estimate of drug-likeness (QED) is 0.538. The van der Waals surface area contributed by atoms with Crippen molar-refractivity contribution < 1.29 is 13.2 Å². The van der Waals surface area contributed by atoms with Gasteiger partial charge >= 0.3 is 0 Å². The molecule has 7 heteroatoms. The summed E-state index contributed by atoms with van der Waals surface area (Å²) in [6.07, 6.45) is 0. The molecule has 2 N–H and O–H groups in total. The first-order valence-electron chi connectivity index (χ1n) is 10.1. The second-order valence-corrected chi connectivity index (χ2v) is 9.07. The maximum atomic E-state index is 12.7. The molecule has 0 aliphatic heterocycles. The Bertz CT molecular complexity index is 1120. The van der Waals surface area contributed by atoms with E-state index in [1.54, 1.807) is 13.0 Å². The van der Waals surface area contributed by atoms with Crippen LogP contribution in [0, 0.1) is 6.92 Å². The topological polar surface area (TPSA) is 78.5 Å². The van der Waals surface area contributed by atoms with Gasteiger partial charge in [0.05, 0.1) is 4.90 Å². The SMILES string of the molecule is Cc1ccc(S(=O)(=O)NCc2ccccc2)cc1C(=O)NCCN(C)c1ccccc1. The van der Waals surface area contributed by atoms with Crippen LogP contribution < -0.4 is 14.9 Å². The van der Waals surface area contributed by atoms with E-state index in [1.807, 2.05) is 72.6 Å². The van der Waals surface area contributed by atoms with E-state index in [2.05, 4.69) is 10.0 Å². The first kappa shape index (κ1) is 22.5. The summed E-state index contributed by atoms with van der Waals surface area (Å²) in [5.74, 6) is -0.293. The summed E-state index contributed by atoms with van der Waals surface area (Å²) in [6, 6.07) is 23.8. The van der Waals surface area contributed by atoms with Crippen molar-refractivity contribution >= 4 is 21.6 Å². The lowest BCUT2D eigenvalue weighted by Crippen LogP contribution is -2.33. The Balaban J connectivity index is 1.63. The molecule has 3 rings (SSSR count). The highest BCUT2D eigenvalue weighted by atomic mass is 32.2. The highest BCUT2D eigenvalue weighted by molar-refractivity contribution is 7.89. The minimum Gasteiger partial charge on any atom is -0.373 e. The molecule has 0 aromatic heterocycles. The largest absolute Gasteiger partial charge is 0.373 e. The first-order valence-corrected chi connectivity index (χ1v) is 11.5. The molecule has 1 amide bonds. The van der Waals surface area contributed by atoms with Crippen molar-refractivity contribution in [3.63, 3.8) is 0 Å². The van der Waals surface area contributed by atoms with Crippen LogP contribution in [0.2, 0.25) is 0 Å². The van der Waals surface area contributed by atoms with Gasteiger partial charge in [-0.05, 0) is 42.3 Å². The van der Waals surface area contributed by atoms with Crippen molar-refractivity contribution in [3.05, 3.63) is 95.6 Å². The number of amides is 1. The second kappa shape index (κ2) is 10.2. The third-order valence-corrected chi connectivity index (χ3v) is 6.40. The highest BCUT2D eigenvalue weighted by Crippen LogP contribution is 2.16. The Morgan fingerprint density at radius 1 is 0.935 bits per heavy atom. The van der Waals surface area contributed by atoms with Crippen LogP contribution in [0.5, 0.6) is 0 Å². The lowest BCUT2D eigenvalue weighted by atomic mass is 10.1. The Morgan fingerprint density at radius 2 is 1.58 bits per heavy atom.